The molecular formula is C7H4ClF2. The van der Waals surface area contributed by atoms with Gasteiger partial charge in [-0.15, -0.1) is 0 Å². The fourth-order valence-electron chi connectivity index (χ4n) is 0.566. The highest BCUT2D eigenvalue weighted by atomic mass is 35.5. The van der Waals surface area contributed by atoms with Crippen LogP contribution in [0.2, 0.25) is 5.02 Å². The molecule has 1 radical (unpaired) electrons. The van der Waals surface area contributed by atoms with Gasteiger partial charge in [-0.25, -0.2) is 8.78 Å². The number of halogens is 3. The molecular weight excluding hydrogens is 158 g/mol. The second-order valence-corrected chi connectivity index (χ2v) is 2.24. The number of hydrogen-bond acceptors (Lipinski definition) is 0. The largest absolute Gasteiger partial charge is 0.203 e. The Morgan fingerprint density at radius 2 is 1.80 bits per heavy atom. The third-order valence-electron chi connectivity index (χ3n) is 1.12. The third-order valence-corrected chi connectivity index (χ3v) is 1.41. The normalized spacial score (nSPS) is 10.0. The van der Waals surface area contributed by atoms with Gasteiger partial charge in [0, 0.05) is 0 Å². The van der Waals surface area contributed by atoms with Gasteiger partial charge in [-0.05, 0) is 18.6 Å². The highest BCUT2D eigenvalue weighted by Crippen LogP contribution is 2.19. The second-order valence-electron chi connectivity index (χ2n) is 1.83. The second kappa shape index (κ2) is 2.54. The Kier molecular flexibility index (Phi) is 1.90. The molecule has 0 unspecified atom stereocenters. The molecule has 0 saturated heterocycles. The lowest BCUT2D eigenvalue weighted by Crippen LogP contribution is -1.88. The van der Waals surface area contributed by atoms with Gasteiger partial charge in [0.05, 0.1) is 5.02 Å². The van der Waals surface area contributed by atoms with Crippen LogP contribution in [0.1, 0.15) is 5.56 Å². The SMILES string of the molecule is [CH2]c1ccc(Cl)c(F)c1F. The molecule has 1 rings (SSSR count). The molecule has 0 nitrogen and oxygen atoms in total. The molecule has 0 saturated carbocycles. The van der Waals surface area contributed by atoms with Crippen LogP contribution in [0.5, 0.6) is 0 Å². The highest BCUT2D eigenvalue weighted by Gasteiger charge is 2.07. The molecule has 0 N–H and O–H groups in total. The van der Waals surface area contributed by atoms with Gasteiger partial charge in [0.1, 0.15) is 0 Å². The monoisotopic (exact) mass is 161 g/mol. The van der Waals surface area contributed by atoms with Crippen LogP contribution in [-0.2, 0) is 0 Å². The first-order chi connectivity index (χ1) is 4.63. The van der Waals surface area contributed by atoms with Crippen LogP contribution in [0.15, 0.2) is 12.1 Å². The van der Waals surface area contributed by atoms with Gasteiger partial charge < -0.3 is 0 Å². The molecule has 53 valence electrons. The van der Waals surface area contributed by atoms with E-state index in [0.29, 0.717) is 0 Å². The summed E-state index contributed by atoms with van der Waals surface area (Å²) in [6.45, 7) is 3.25. The summed E-state index contributed by atoms with van der Waals surface area (Å²) in [5.41, 5.74) is 0.0156. The Morgan fingerprint density at radius 1 is 1.20 bits per heavy atom. The van der Waals surface area contributed by atoms with Crippen molar-refractivity contribution < 1.29 is 8.78 Å². The number of hydrogen-bond donors (Lipinski definition) is 0. The summed E-state index contributed by atoms with van der Waals surface area (Å²) in [4.78, 5) is 0. The smallest absolute Gasteiger partial charge is 0.177 e. The molecule has 0 aromatic heterocycles. The van der Waals surface area contributed by atoms with Crippen molar-refractivity contribution in [1.82, 2.24) is 0 Å². The van der Waals surface area contributed by atoms with Gasteiger partial charge in [-0.1, -0.05) is 17.7 Å². The first-order valence-corrected chi connectivity index (χ1v) is 2.96. The van der Waals surface area contributed by atoms with Crippen molar-refractivity contribution in [3.63, 3.8) is 0 Å². The Bertz CT molecular complexity index is 231. The van der Waals surface area contributed by atoms with Crippen molar-refractivity contribution in [3.8, 4) is 0 Å². The van der Waals surface area contributed by atoms with Gasteiger partial charge in [-0.2, -0.15) is 0 Å². The Labute approximate surface area is 62.4 Å². The van der Waals surface area contributed by atoms with Crippen molar-refractivity contribution in [2.75, 3.05) is 0 Å². The lowest BCUT2D eigenvalue weighted by atomic mass is 10.2. The first-order valence-electron chi connectivity index (χ1n) is 2.58. The fraction of sp³-hybridized carbons (Fsp3) is 0. The average molecular weight is 162 g/mol. The fourth-order valence-corrected chi connectivity index (χ4v) is 0.712. The molecule has 0 fully saturated rings. The van der Waals surface area contributed by atoms with Crippen molar-refractivity contribution >= 4 is 11.6 Å². The van der Waals surface area contributed by atoms with Crippen LogP contribution < -0.4 is 0 Å². The zero-order valence-electron chi connectivity index (χ0n) is 5.00. The molecule has 0 atom stereocenters. The zero-order chi connectivity index (χ0) is 7.72. The summed E-state index contributed by atoms with van der Waals surface area (Å²) in [6, 6.07) is 2.59. The summed E-state index contributed by atoms with van der Waals surface area (Å²) < 4.78 is 24.9. The lowest BCUT2D eigenvalue weighted by molar-refractivity contribution is 0.506. The van der Waals surface area contributed by atoms with Crippen LogP contribution in [0.3, 0.4) is 0 Å². The van der Waals surface area contributed by atoms with Gasteiger partial charge in [0.2, 0.25) is 0 Å². The van der Waals surface area contributed by atoms with Crippen LogP contribution in [0.4, 0.5) is 8.78 Å². The standard InChI is InChI=1S/C7H4ClF2/c1-4-2-3-5(8)7(10)6(4)9/h2-3H,1H2. The molecule has 10 heavy (non-hydrogen) atoms. The summed E-state index contributed by atoms with van der Waals surface area (Å²) in [5, 5.41) is -0.218. The van der Waals surface area contributed by atoms with E-state index in [-0.39, 0.29) is 10.6 Å². The third kappa shape index (κ3) is 1.12. The van der Waals surface area contributed by atoms with Crippen LogP contribution in [0, 0.1) is 18.6 Å². The summed E-state index contributed by atoms with van der Waals surface area (Å²) >= 11 is 5.24. The van der Waals surface area contributed by atoms with Gasteiger partial charge >= 0.3 is 0 Å². The van der Waals surface area contributed by atoms with Gasteiger partial charge in [0.15, 0.2) is 11.6 Å². The van der Waals surface area contributed by atoms with Gasteiger partial charge in [0.25, 0.3) is 0 Å². The molecule has 1 aromatic carbocycles. The van der Waals surface area contributed by atoms with E-state index in [1.54, 1.807) is 0 Å². The molecule has 0 amide bonds. The van der Waals surface area contributed by atoms with Crippen LogP contribution in [-0.4, -0.2) is 0 Å². The van der Waals surface area contributed by atoms with Crippen molar-refractivity contribution in [2.45, 2.75) is 0 Å². The van der Waals surface area contributed by atoms with Crippen molar-refractivity contribution in [1.29, 1.82) is 0 Å². The molecule has 3 heteroatoms. The van der Waals surface area contributed by atoms with Crippen molar-refractivity contribution in [2.24, 2.45) is 0 Å². The van der Waals surface area contributed by atoms with E-state index in [2.05, 4.69) is 6.92 Å². The van der Waals surface area contributed by atoms with E-state index in [1.165, 1.54) is 12.1 Å². The Hall–Kier alpha value is -0.630. The average Bonchev–Trinajstić information content (AvgIpc) is 1.93. The van der Waals surface area contributed by atoms with Crippen LogP contribution >= 0.6 is 11.6 Å². The first kappa shape index (κ1) is 7.48. The minimum Gasteiger partial charge on any atom is -0.203 e. The van der Waals surface area contributed by atoms with Crippen molar-refractivity contribution in [3.05, 3.63) is 41.3 Å². The maximum atomic E-state index is 12.5. The van der Waals surface area contributed by atoms with Crippen LogP contribution in [0.25, 0.3) is 0 Å². The predicted octanol–water partition coefficient (Wildman–Crippen LogP) is 2.80. The molecule has 0 spiro atoms. The van der Waals surface area contributed by atoms with E-state index in [0.717, 1.165) is 0 Å². The zero-order valence-corrected chi connectivity index (χ0v) is 5.75. The molecule has 1 aromatic rings. The van der Waals surface area contributed by atoms with E-state index >= 15 is 0 Å². The van der Waals surface area contributed by atoms with E-state index in [4.69, 9.17) is 11.6 Å². The predicted molar refractivity (Wildman–Crippen MR) is 35.8 cm³/mol. The molecule has 0 heterocycles. The highest BCUT2D eigenvalue weighted by molar-refractivity contribution is 6.30. The number of benzene rings is 1. The Balaban J connectivity index is 3.34. The Morgan fingerprint density at radius 3 is 2.30 bits per heavy atom. The molecule has 0 aliphatic heterocycles. The molecule has 0 bridgehead atoms. The lowest BCUT2D eigenvalue weighted by Gasteiger charge is -1.97. The summed E-state index contributed by atoms with van der Waals surface area (Å²) in [7, 11) is 0. The maximum absolute atomic E-state index is 12.5. The summed E-state index contributed by atoms with van der Waals surface area (Å²) in [6.07, 6.45) is 0. The van der Waals surface area contributed by atoms with E-state index in [1.807, 2.05) is 0 Å². The number of rotatable bonds is 0. The molecule has 0 aliphatic carbocycles. The summed E-state index contributed by atoms with van der Waals surface area (Å²) in [5.74, 6) is -2.01. The maximum Gasteiger partial charge on any atom is 0.177 e. The minimum atomic E-state index is -1.03. The van der Waals surface area contributed by atoms with E-state index < -0.39 is 11.6 Å². The minimum absolute atomic E-state index is 0.0156. The van der Waals surface area contributed by atoms with Gasteiger partial charge in [-0.3, -0.25) is 0 Å². The van der Waals surface area contributed by atoms with E-state index in [9.17, 15) is 8.78 Å². The molecule has 0 aliphatic rings. The topological polar surface area (TPSA) is 0 Å². The quantitative estimate of drug-likeness (QED) is 0.514.